The normalized spacial score (nSPS) is 19.3. The number of piperidine rings is 1. The van der Waals surface area contributed by atoms with Crippen LogP contribution in [-0.4, -0.2) is 47.2 Å². The number of ether oxygens (including phenoxy) is 1. The summed E-state index contributed by atoms with van der Waals surface area (Å²) in [4.78, 5) is 24.0. The fourth-order valence-corrected chi connectivity index (χ4v) is 6.22. The maximum Gasteiger partial charge on any atom is 0.408 e. The highest BCUT2D eigenvalue weighted by molar-refractivity contribution is 8.13. The van der Waals surface area contributed by atoms with Gasteiger partial charge >= 0.3 is 6.09 Å². The van der Waals surface area contributed by atoms with Crippen LogP contribution in [0.25, 0.3) is 0 Å². The van der Waals surface area contributed by atoms with Gasteiger partial charge in [-0.1, -0.05) is 54.6 Å². The Labute approximate surface area is 231 Å². The summed E-state index contributed by atoms with van der Waals surface area (Å²) >= 11 is 1.76. The quantitative estimate of drug-likeness (QED) is 0.315. The van der Waals surface area contributed by atoms with Crippen LogP contribution >= 0.6 is 11.8 Å². The van der Waals surface area contributed by atoms with Crippen LogP contribution in [0.4, 0.5) is 4.79 Å². The summed E-state index contributed by atoms with van der Waals surface area (Å²) in [6, 6.07) is 18.9. The molecule has 1 N–H and O–H groups in total. The lowest BCUT2D eigenvalue weighted by molar-refractivity contribution is 0.0375. The number of carbonyl (C=O) groups is 1. The molecule has 7 heteroatoms. The molecule has 2 aliphatic rings. The Hall–Kier alpha value is -3.06. The predicted molar refractivity (Wildman–Crippen MR) is 159 cm³/mol. The van der Waals surface area contributed by atoms with Crippen LogP contribution in [0.15, 0.2) is 76.6 Å². The Morgan fingerprint density at radius 2 is 1.84 bits per heavy atom. The molecule has 6 nitrogen and oxygen atoms in total. The molecule has 4 rings (SSSR count). The molecule has 1 saturated heterocycles. The predicted octanol–water partition coefficient (Wildman–Crippen LogP) is 6.78. The number of alkyl carbamates (subject to hydrolysis) is 1. The smallest absolute Gasteiger partial charge is 0.408 e. The first-order valence-electron chi connectivity index (χ1n) is 13.4. The van der Waals surface area contributed by atoms with Crippen LogP contribution in [0.5, 0.6) is 0 Å². The van der Waals surface area contributed by atoms with Crippen molar-refractivity contribution < 1.29 is 9.53 Å². The highest BCUT2D eigenvalue weighted by Crippen LogP contribution is 2.52. The molecular weight excluding hydrogens is 492 g/mol. The van der Waals surface area contributed by atoms with E-state index in [2.05, 4.69) is 75.4 Å². The van der Waals surface area contributed by atoms with Crippen LogP contribution in [0.2, 0.25) is 0 Å². The summed E-state index contributed by atoms with van der Waals surface area (Å²) in [5.41, 5.74) is 3.28. The molecule has 0 aromatic heterocycles. The third kappa shape index (κ3) is 7.07. The number of benzene rings is 2. The van der Waals surface area contributed by atoms with Crippen molar-refractivity contribution in [1.82, 2.24) is 10.2 Å². The second-order valence-corrected chi connectivity index (χ2v) is 12.5. The molecule has 202 valence electrons. The van der Waals surface area contributed by atoms with E-state index in [1.807, 2.05) is 40.0 Å². The van der Waals surface area contributed by atoms with Gasteiger partial charge < -0.3 is 15.0 Å². The van der Waals surface area contributed by atoms with Crippen LogP contribution in [0.1, 0.15) is 63.3 Å². The standard InChI is InChI=1S/C31H40N4O2S/c1-23(38-20-15-24-11-7-6-8-12-24)33-22-27(32-5)35-18-16-31(17-19-35)21-25-13-9-10-14-26(25)28(31)34-29(36)37-30(2,3)4/h6-14,22,28H,5,15-21H2,1-4H3,(H,34,36)/b27-22+,33-23+/t28-/m1/s1. The summed E-state index contributed by atoms with van der Waals surface area (Å²) < 4.78 is 5.62. The second-order valence-electron chi connectivity index (χ2n) is 11.2. The molecule has 2 aromatic carbocycles. The van der Waals surface area contributed by atoms with Crippen molar-refractivity contribution in [1.29, 1.82) is 0 Å². The van der Waals surface area contributed by atoms with Gasteiger partial charge in [0.1, 0.15) is 11.4 Å². The van der Waals surface area contributed by atoms with Crippen molar-refractivity contribution >= 4 is 29.6 Å². The number of aryl methyl sites for hydroxylation is 1. The number of amides is 1. The number of aliphatic imine (C=N–C) groups is 2. The topological polar surface area (TPSA) is 66.3 Å². The summed E-state index contributed by atoms with van der Waals surface area (Å²) in [6.07, 6.45) is 5.32. The first-order chi connectivity index (χ1) is 18.2. The highest BCUT2D eigenvalue weighted by atomic mass is 32.2. The maximum atomic E-state index is 12.8. The number of nitrogens with zero attached hydrogens (tertiary/aromatic N) is 3. The van der Waals surface area contributed by atoms with Crippen LogP contribution < -0.4 is 5.32 Å². The van der Waals surface area contributed by atoms with Gasteiger partial charge in [-0.2, -0.15) is 0 Å². The van der Waals surface area contributed by atoms with E-state index in [4.69, 9.17) is 4.74 Å². The van der Waals surface area contributed by atoms with Gasteiger partial charge in [0.2, 0.25) is 0 Å². The lowest BCUT2D eigenvalue weighted by Gasteiger charge is -2.44. The molecule has 1 atom stereocenters. The number of thioether (sulfide) groups is 1. The average molecular weight is 533 g/mol. The molecule has 0 saturated carbocycles. The third-order valence-corrected chi connectivity index (χ3v) is 8.27. The third-order valence-electron chi connectivity index (χ3n) is 7.33. The molecule has 0 radical (unpaired) electrons. The minimum absolute atomic E-state index is 0.0458. The van der Waals surface area contributed by atoms with Crippen LogP contribution in [-0.2, 0) is 17.6 Å². The number of nitrogens with one attached hydrogen (secondary N) is 1. The van der Waals surface area contributed by atoms with Gasteiger partial charge in [0, 0.05) is 24.3 Å². The summed E-state index contributed by atoms with van der Waals surface area (Å²) in [5, 5.41) is 4.24. The van der Waals surface area contributed by atoms with E-state index < -0.39 is 5.60 Å². The zero-order valence-corrected chi connectivity index (χ0v) is 23.9. The summed E-state index contributed by atoms with van der Waals surface area (Å²) in [6.45, 7) is 13.2. The molecule has 1 fully saturated rings. The summed E-state index contributed by atoms with van der Waals surface area (Å²) in [5.74, 6) is 1.79. The van der Waals surface area contributed by atoms with E-state index in [1.165, 1.54) is 16.7 Å². The minimum atomic E-state index is -0.535. The first kappa shape index (κ1) is 28.0. The molecule has 0 unspecified atom stereocenters. The fraction of sp³-hybridized carbons (Fsp3) is 0.452. The number of fused-ring (bicyclic) bond motifs is 1. The molecule has 1 amide bonds. The Morgan fingerprint density at radius 1 is 1.16 bits per heavy atom. The fourth-order valence-electron chi connectivity index (χ4n) is 5.46. The lowest BCUT2D eigenvalue weighted by atomic mass is 9.72. The zero-order chi connectivity index (χ0) is 27.2. The minimum Gasteiger partial charge on any atom is -0.444 e. The number of carbonyl (C=O) groups excluding carboxylic acids is 1. The van der Waals surface area contributed by atoms with Gasteiger partial charge in [0.25, 0.3) is 0 Å². The first-order valence-corrected chi connectivity index (χ1v) is 14.4. The molecule has 1 heterocycles. The van der Waals surface area contributed by atoms with Crippen molar-refractivity contribution in [2.45, 2.75) is 65.0 Å². The largest absolute Gasteiger partial charge is 0.444 e. The molecule has 1 aliphatic heterocycles. The molecule has 38 heavy (non-hydrogen) atoms. The summed E-state index contributed by atoms with van der Waals surface area (Å²) in [7, 11) is 0. The highest BCUT2D eigenvalue weighted by Gasteiger charge is 2.48. The SMILES string of the molecule is C=N/C(=C\N=C(/C)SCCc1ccccc1)N1CCC2(CC1)Cc1ccccc1[C@H]2NC(=O)OC(C)(C)C. The Morgan fingerprint density at radius 3 is 2.53 bits per heavy atom. The van der Waals surface area contributed by atoms with E-state index in [-0.39, 0.29) is 17.6 Å². The number of hydrogen-bond acceptors (Lipinski definition) is 6. The molecule has 1 aliphatic carbocycles. The van der Waals surface area contributed by atoms with Crippen molar-refractivity contribution in [3.05, 3.63) is 83.3 Å². The van der Waals surface area contributed by atoms with Crippen molar-refractivity contribution in [2.75, 3.05) is 18.8 Å². The van der Waals surface area contributed by atoms with Crippen LogP contribution in [0, 0.1) is 5.41 Å². The Kier molecular flexibility index (Phi) is 8.98. The van der Waals surface area contributed by atoms with Crippen molar-refractivity contribution in [2.24, 2.45) is 15.4 Å². The van der Waals surface area contributed by atoms with Gasteiger partial charge in [0.05, 0.1) is 17.3 Å². The lowest BCUT2D eigenvalue weighted by Crippen LogP contribution is -2.47. The number of hydrogen-bond donors (Lipinski definition) is 1. The average Bonchev–Trinajstić information content (AvgIpc) is 3.17. The van der Waals surface area contributed by atoms with Gasteiger partial charge in [-0.3, -0.25) is 4.99 Å². The monoisotopic (exact) mass is 532 g/mol. The zero-order valence-electron chi connectivity index (χ0n) is 23.1. The number of rotatable bonds is 7. The Bertz CT molecular complexity index is 1180. The van der Waals surface area contributed by atoms with Crippen LogP contribution in [0.3, 0.4) is 0 Å². The van der Waals surface area contributed by atoms with Gasteiger partial charge in [-0.15, -0.1) is 11.8 Å². The van der Waals surface area contributed by atoms with E-state index >= 15 is 0 Å². The van der Waals surface area contributed by atoms with Gasteiger partial charge in [-0.05, 0) is 76.8 Å². The second kappa shape index (κ2) is 12.2. The van der Waals surface area contributed by atoms with E-state index in [0.717, 1.165) is 55.4 Å². The molecule has 0 bridgehead atoms. The molecular formula is C31H40N4O2S. The van der Waals surface area contributed by atoms with Crippen molar-refractivity contribution in [3.8, 4) is 0 Å². The Balaban J connectivity index is 1.39. The van der Waals surface area contributed by atoms with E-state index in [9.17, 15) is 4.79 Å². The molecule has 1 spiro atoms. The number of likely N-dealkylation sites (tertiary alicyclic amines) is 1. The van der Waals surface area contributed by atoms with Crippen molar-refractivity contribution in [3.63, 3.8) is 0 Å². The van der Waals surface area contributed by atoms with Gasteiger partial charge in [-0.25, -0.2) is 9.79 Å². The van der Waals surface area contributed by atoms with E-state index in [0.29, 0.717) is 0 Å². The maximum absolute atomic E-state index is 12.8. The van der Waals surface area contributed by atoms with E-state index in [1.54, 1.807) is 11.8 Å². The van der Waals surface area contributed by atoms with Gasteiger partial charge in [0.15, 0.2) is 0 Å². The molecule has 2 aromatic rings.